The van der Waals surface area contributed by atoms with Crippen LogP contribution in [0.15, 0.2) is 71.7 Å². The van der Waals surface area contributed by atoms with Crippen LogP contribution in [0.5, 0.6) is 5.75 Å². The SMILES string of the molecule is COc1ccc2cc(CNC3=NCCN3Cc3ccccc3)ccc2c1.I. The number of hydrogen-bond donors (Lipinski definition) is 1. The van der Waals surface area contributed by atoms with Gasteiger partial charge in [0, 0.05) is 19.6 Å². The van der Waals surface area contributed by atoms with Crippen LogP contribution in [0, 0.1) is 0 Å². The minimum Gasteiger partial charge on any atom is -0.497 e. The molecule has 140 valence electrons. The van der Waals surface area contributed by atoms with Gasteiger partial charge in [-0.25, -0.2) is 0 Å². The summed E-state index contributed by atoms with van der Waals surface area (Å²) in [4.78, 5) is 6.94. The van der Waals surface area contributed by atoms with Gasteiger partial charge >= 0.3 is 0 Å². The molecule has 1 heterocycles. The Morgan fingerprint density at radius 2 is 1.74 bits per heavy atom. The van der Waals surface area contributed by atoms with E-state index in [4.69, 9.17) is 4.74 Å². The number of methoxy groups -OCH3 is 1. The fraction of sp³-hybridized carbons (Fsp3) is 0.227. The van der Waals surface area contributed by atoms with Crippen LogP contribution in [0.4, 0.5) is 0 Å². The monoisotopic (exact) mass is 473 g/mol. The molecule has 0 saturated carbocycles. The van der Waals surface area contributed by atoms with Gasteiger partial charge in [-0.15, -0.1) is 24.0 Å². The minimum atomic E-state index is 0. The van der Waals surface area contributed by atoms with E-state index in [1.165, 1.54) is 21.9 Å². The molecule has 4 rings (SSSR count). The van der Waals surface area contributed by atoms with E-state index in [1.807, 2.05) is 6.07 Å². The number of aliphatic imine (C=N–C) groups is 1. The number of nitrogens with one attached hydrogen (secondary N) is 1. The molecule has 0 radical (unpaired) electrons. The van der Waals surface area contributed by atoms with Gasteiger partial charge in [-0.05, 0) is 40.1 Å². The second kappa shape index (κ2) is 9.08. The second-order valence-corrected chi connectivity index (χ2v) is 6.51. The Morgan fingerprint density at radius 3 is 2.56 bits per heavy atom. The molecule has 1 N–H and O–H groups in total. The minimum absolute atomic E-state index is 0. The molecule has 3 aromatic rings. The van der Waals surface area contributed by atoms with Gasteiger partial charge in [0.2, 0.25) is 0 Å². The number of ether oxygens (including phenoxy) is 1. The highest BCUT2D eigenvalue weighted by atomic mass is 127. The summed E-state index contributed by atoms with van der Waals surface area (Å²) in [5, 5.41) is 5.92. The molecule has 27 heavy (non-hydrogen) atoms. The summed E-state index contributed by atoms with van der Waals surface area (Å²) in [5.41, 5.74) is 2.56. The number of hydrogen-bond acceptors (Lipinski definition) is 4. The van der Waals surface area contributed by atoms with Gasteiger partial charge in [0.05, 0.1) is 13.7 Å². The molecule has 0 aromatic heterocycles. The maximum atomic E-state index is 5.29. The van der Waals surface area contributed by atoms with Crippen molar-refractivity contribution >= 4 is 40.7 Å². The van der Waals surface area contributed by atoms with Crippen LogP contribution < -0.4 is 10.1 Å². The quantitative estimate of drug-likeness (QED) is 0.558. The first-order chi connectivity index (χ1) is 12.8. The Hall–Kier alpha value is -2.28. The predicted octanol–water partition coefficient (Wildman–Crippen LogP) is 4.43. The number of guanidine groups is 1. The van der Waals surface area contributed by atoms with Crippen LogP contribution >= 0.6 is 24.0 Å². The Kier molecular flexibility index (Phi) is 6.55. The van der Waals surface area contributed by atoms with Crippen molar-refractivity contribution in [2.24, 2.45) is 4.99 Å². The van der Waals surface area contributed by atoms with Crippen LogP contribution in [0.2, 0.25) is 0 Å². The molecule has 5 heteroatoms. The highest BCUT2D eigenvalue weighted by Crippen LogP contribution is 2.22. The molecular weight excluding hydrogens is 449 g/mol. The smallest absolute Gasteiger partial charge is 0.194 e. The zero-order valence-electron chi connectivity index (χ0n) is 15.4. The Labute approximate surface area is 177 Å². The molecule has 1 aliphatic heterocycles. The summed E-state index contributed by atoms with van der Waals surface area (Å²) in [6.07, 6.45) is 0. The van der Waals surface area contributed by atoms with Crippen molar-refractivity contribution in [1.29, 1.82) is 0 Å². The van der Waals surface area contributed by atoms with Gasteiger partial charge < -0.3 is 15.0 Å². The average Bonchev–Trinajstić information content (AvgIpc) is 3.13. The topological polar surface area (TPSA) is 36.9 Å². The van der Waals surface area contributed by atoms with E-state index in [-0.39, 0.29) is 24.0 Å². The normalized spacial score (nSPS) is 13.2. The van der Waals surface area contributed by atoms with Crippen molar-refractivity contribution in [3.63, 3.8) is 0 Å². The number of benzene rings is 3. The van der Waals surface area contributed by atoms with Crippen molar-refractivity contribution in [3.8, 4) is 5.75 Å². The summed E-state index contributed by atoms with van der Waals surface area (Å²) in [6.45, 7) is 3.48. The number of halogens is 1. The molecule has 4 nitrogen and oxygen atoms in total. The third kappa shape index (κ3) is 4.71. The summed E-state index contributed by atoms with van der Waals surface area (Å²) >= 11 is 0. The number of nitrogens with zero attached hydrogens (tertiary/aromatic N) is 2. The van der Waals surface area contributed by atoms with E-state index in [9.17, 15) is 0 Å². The van der Waals surface area contributed by atoms with Crippen molar-refractivity contribution < 1.29 is 4.74 Å². The van der Waals surface area contributed by atoms with Crippen LogP contribution in [-0.2, 0) is 13.1 Å². The standard InChI is InChI=1S/C22H23N3O.HI/c1-26-21-10-9-19-13-18(7-8-20(19)14-21)15-24-22-23-11-12-25(22)16-17-5-3-2-4-6-17;/h2-10,13-14H,11-12,15-16H2,1H3,(H,23,24);1H. The van der Waals surface area contributed by atoms with E-state index in [0.717, 1.165) is 37.9 Å². The van der Waals surface area contributed by atoms with Crippen LogP contribution in [0.3, 0.4) is 0 Å². The van der Waals surface area contributed by atoms with Crippen molar-refractivity contribution in [2.45, 2.75) is 13.1 Å². The molecule has 0 bridgehead atoms. The van der Waals surface area contributed by atoms with Gasteiger partial charge in [-0.2, -0.15) is 0 Å². The predicted molar refractivity (Wildman–Crippen MR) is 122 cm³/mol. The van der Waals surface area contributed by atoms with Gasteiger partial charge in [0.25, 0.3) is 0 Å². The lowest BCUT2D eigenvalue weighted by Gasteiger charge is -2.21. The van der Waals surface area contributed by atoms with E-state index in [0.29, 0.717) is 0 Å². The van der Waals surface area contributed by atoms with Crippen molar-refractivity contribution in [1.82, 2.24) is 10.2 Å². The van der Waals surface area contributed by atoms with Crippen LogP contribution in [-0.4, -0.2) is 31.1 Å². The first kappa shape index (κ1) is 19.5. The lowest BCUT2D eigenvalue weighted by Crippen LogP contribution is -2.37. The summed E-state index contributed by atoms with van der Waals surface area (Å²) in [6, 6.07) is 23.2. The molecule has 0 fully saturated rings. The third-order valence-corrected chi connectivity index (χ3v) is 4.71. The molecule has 0 aliphatic carbocycles. The van der Waals surface area contributed by atoms with E-state index >= 15 is 0 Å². The number of rotatable bonds is 5. The van der Waals surface area contributed by atoms with Crippen LogP contribution in [0.25, 0.3) is 10.8 Å². The van der Waals surface area contributed by atoms with E-state index < -0.39 is 0 Å². The fourth-order valence-electron chi connectivity index (χ4n) is 3.30. The molecule has 0 atom stereocenters. The zero-order chi connectivity index (χ0) is 17.8. The summed E-state index contributed by atoms with van der Waals surface area (Å²) in [5.74, 6) is 1.88. The molecule has 0 amide bonds. The average molecular weight is 473 g/mol. The Morgan fingerprint density at radius 1 is 0.963 bits per heavy atom. The maximum absolute atomic E-state index is 5.29. The van der Waals surface area contributed by atoms with E-state index in [2.05, 4.69) is 75.9 Å². The molecule has 3 aromatic carbocycles. The first-order valence-corrected chi connectivity index (χ1v) is 8.96. The molecular formula is C22H24IN3O. The second-order valence-electron chi connectivity index (χ2n) is 6.51. The van der Waals surface area contributed by atoms with Gasteiger partial charge in [0.15, 0.2) is 5.96 Å². The third-order valence-electron chi connectivity index (χ3n) is 4.71. The van der Waals surface area contributed by atoms with Crippen molar-refractivity contribution in [2.75, 3.05) is 20.2 Å². The fourth-order valence-corrected chi connectivity index (χ4v) is 3.30. The maximum Gasteiger partial charge on any atom is 0.194 e. The first-order valence-electron chi connectivity index (χ1n) is 8.96. The number of fused-ring (bicyclic) bond motifs is 1. The lowest BCUT2D eigenvalue weighted by molar-refractivity contribution is 0.415. The Bertz CT molecular complexity index is 927. The molecule has 0 unspecified atom stereocenters. The molecule has 0 saturated heterocycles. The lowest BCUT2D eigenvalue weighted by atomic mass is 10.1. The zero-order valence-corrected chi connectivity index (χ0v) is 17.7. The van der Waals surface area contributed by atoms with Gasteiger partial charge in [0.1, 0.15) is 5.75 Å². The highest BCUT2D eigenvalue weighted by molar-refractivity contribution is 14.0. The molecule has 0 spiro atoms. The highest BCUT2D eigenvalue weighted by Gasteiger charge is 2.16. The van der Waals surface area contributed by atoms with Gasteiger partial charge in [-0.3, -0.25) is 4.99 Å². The van der Waals surface area contributed by atoms with Crippen molar-refractivity contribution in [3.05, 3.63) is 77.9 Å². The Balaban J connectivity index is 0.00000210. The van der Waals surface area contributed by atoms with E-state index in [1.54, 1.807) is 7.11 Å². The van der Waals surface area contributed by atoms with Crippen LogP contribution in [0.1, 0.15) is 11.1 Å². The summed E-state index contributed by atoms with van der Waals surface area (Å²) < 4.78 is 5.29. The summed E-state index contributed by atoms with van der Waals surface area (Å²) in [7, 11) is 1.70. The largest absolute Gasteiger partial charge is 0.497 e. The molecule has 1 aliphatic rings. The van der Waals surface area contributed by atoms with Gasteiger partial charge in [-0.1, -0.05) is 48.5 Å².